The predicted molar refractivity (Wildman–Crippen MR) is 171 cm³/mol. The van der Waals surface area contributed by atoms with Crippen molar-refractivity contribution in [3.05, 3.63) is 88.4 Å². The van der Waals surface area contributed by atoms with Crippen molar-refractivity contribution in [2.45, 2.75) is 33.8 Å². The monoisotopic (exact) mass is 598 g/mol. The Morgan fingerprint density at radius 3 is 2.60 bits per heavy atom. The highest BCUT2D eigenvalue weighted by Crippen LogP contribution is 2.38. The number of fused-ring (bicyclic) bond motifs is 1. The number of anilines is 3. The quantitative estimate of drug-likeness (QED) is 0.171. The second-order valence-electron chi connectivity index (χ2n) is 10.1. The Morgan fingerprint density at radius 2 is 1.93 bits per heavy atom. The Morgan fingerprint density at radius 1 is 1.12 bits per heavy atom. The van der Waals surface area contributed by atoms with Crippen LogP contribution in [-0.4, -0.2) is 48.0 Å². The van der Waals surface area contributed by atoms with Crippen molar-refractivity contribution in [1.29, 1.82) is 5.26 Å². The molecule has 0 fully saturated rings. The third kappa shape index (κ3) is 8.01. The maximum atomic E-state index is 12.7. The third-order valence-corrected chi connectivity index (χ3v) is 6.76. The van der Waals surface area contributed by atoms with Crippen molar-refractivity contribution >= 4 is 45.5 Å². The fourth-order valence-electron chi connectivity index (χ4n) is 4.46. The Labute approximate surface area is 257 Å². The van der Waals surface area contributed by atoms with E-state index in [0.717, 1.165) is 11.3 Å². The molecule has 0 saturated carbocycles. The summed E-state index contributed by atoms with van der Waals surface area (Å²) in [5, 5.41) is 17.5. The summed E-state index contributed by atoms with van der Waals surface area (Å²) in [5.74, 6) is 0.729. The number of pyridine rings is 2. The lowest BCUT2D eigenvalue weighted by Gasteiger charge is -2.18. The van der Waals surface area contributed by atoms with Crippen LogP contribution in [0.4, 0.5) is 17.1 Å². The molecule has 9 nitrogen and oxygen atoms in total. The van der Waals surface area contributed by atoms with Crippen molar-refractivity contribution in [2.24, 2.45) is 0 Å². The Bertz CT molecular complexity index is 1700. The highest BCUT2D eigenvalue weighted by Gasteiger charge is 2.19. The summed E-state index contributed by atoms with van der Waals surface area (Å²) in [6.07, 6.45) is 5.56. The van der Waals surface area contributed by atoms with Gasteiger partial charge in [-0.15, -0.1) is 0 Å². The van der Waals surface area contributed by atoms with Gasteiger partial charge in [-0.1, -0.05) is 24.6 Å². The highest BCUT2D eigenvalue weighted by molar-refractivity contribution is 6.32. The van der Waals surface area contributed by atoms with Gasteiger partial charge in [-0.25, -0.2) is 0 Å². The van der Waals surface area contributed by atoms with Gasteiger partial charge in [-0.3, -0.25) is 14.8 Å². The maximum Gasteiger partial charge on any atom is 0.248 e. The van der Waals surface area contributed by atoms with Gasteiger partial charge in [0.1, 0.15) is 24.2 Å². The molecule has 0 unspecified atom stereocenters. The first-order valence-corrected chi connectivity index (χ1v) is 14.4. The molecule has 2 N–H and O–H groups in total. The van der Waals surface area contributed by atoms with E-state index in [0.29, 0.717) is 81.9 Å². The molecule has 2 heterocycles. The second kappa shape index (κ2) is 14.5. The molecule has 0 radical (unpaired) electrons. The minimum atomic E-state index is -0.292. The van der Waals surface area contributed by atoms with Crippen LogP contribution in [0.15, 0.2) is 60.8 Å². The van der Waals surface area contributed by atoms with Crippen LogP contribution in [-0.2, 0) is 17.8 Å². The molecule has 10 heteroatoms. The number of likely N-dealkylation sites (N-methyl/N-ethyl adjacent to an activating group) is 1. The molecule has 0 spiro atoms. The lowest BCUT2D eigenvalue weighted by molar-refractivity contribution is -0.111. The van der Waals surface area contributed by atoms with E-state index in [4.69, 9.17) is 26.1 Å². The zero-order valence-corrected chi connectivity index (χ0v) is 25.7. The van der Waals surface area contributed by atoms with Crippen LogP contribution in [0.3, 0.4) is 0 Å². The standard InChI is InChI=1S/C33H35ClN6O3/c1-6-27-25(19-35)33(37-23-10-11-30(26(34)16-23)43-20-22-12-13-36-21(3)15-22)24-17-29(31(42-7-2)18-28(24)38-27)39-32(41)9-8-14-40(4)5/h8-13,15-18H,6-7,14,20H2,1-5H3,(H,37,38)(H,39,41)/b9-8+. The van der Waals surface area contributed by atoms with E-state index in [1.54, 1.807) is 36.5 Å². The van der Waals surface area contributed by atoms with Crippen LogP contribution in [0.2, 0.25) is 5.02 Å². The van der Waals surface area contributed by atoms with Crippen molar-refractivity contribution < 1.29 is 14.3 Å². The van der Waals surface area contributed by atoms with Crippen LogP contribution in [0.5, 0.6) is 11.5 Å². The van der Waals surface area contributed by atoms with Crippen molar-refractivity contribution in [3.8, 4) is 17.6 Å². The minimum Gasteiger partial charge on any atom is -0.492 e. The molecule has 43 heavy (non-hydrogen) atoms. The van der Waals surface area contributed by atoms with Gasteiger partial charge in [0.2, 0.25) is 5.91 Å². The number of hydrogen-bond donors (Lipinski definition) is 2. The summed E-state index contributed by atoms with van der Waals surface area (Å²) in [7, 11) is 3.85. The third-order valence-electron chi connectivity index (χ3n) is 6.46. The summed E-state index contributed by atoms with van der Waals surface area (Å²) < 4.78 is 11.8. The molecule has 0 bridgehead atoms. The topological polar surface area (TPSA) is 112 Å². The Hall–Kier alpha value is -4.65. The molecule has 0 aliphatic heterocycles. The molecule has 0 atom stereocenters. The number of halogens is 1. The number of aromatic nitrogens is 2. The molecule has 4 rings (SSSR count). The molecule has 2 aromatic carbocycles. The number of carbonyl (C=O) groups excluding carboxylic acids is 1. The van der Waals surface area contributed by atoms with E-state index in [1.165, 1.54) is 6.08 Å². The van der Waals surface area contributed by atoms with Crippen molar-refractivity contribution in [1.82, 2.24) is 14.9 Å². The van der Waals surface area contributed by atoms with Crippen LogP contribution in [0.25, 0.3) is 10.9 Å². The first kappa shape index (κ1) is 31.3. The summed E-state index contributed by atoms with van der Waals surface area (Å²) in [5.41, 5.74) is 5.27. The molecular formula is C33H35ClN6O3. The van der Waals surface area contributed by atoms with E-state index in [2.05, 4.69) is 21.7 Å². The highest BCUT2D eigenvalue weighted by atomic mass is 35.5. The van der Waals surface area contributed by atoms with Gasteiger partial charge in [0.05, 0.1) is 39.8 Å². The molecular weight excluding hydrogens is 564 g/mol. The fraction of sp³-hybridized carbons (Fsp3) is 0.273. The van der Waals surface area contributed by atoms with E-state index < -0.39 is 0 Å². The number of nitrogens with one attached hydrogen (secondary N) is 2. The lowest BCUT2D eigenvalue weighted by atomic mass is 10.0. The summed E-state index contributed by atoms with van der Waals surface area (Å²) >= 11 is 6.61. The van der Waals surface area contributed by atoms with Gasteiger partial charge in [-0.2, -0.15) is 5.26 Å². The minimum absolute atomic E-state index is 0.292. The molecule has 4 aromatic rings. The largest absolute Gasteiger partial charge is 0.492 e. The summed E-state index contributed by atoms with van der Waals surface area (Å²) in [6.45, 7) is 7.13. The molecule has 2 aromatic heterocycles. The van der Waals surface area contributed by atoms with Gasteiger partial charge >= 0.3 is 0 Å². The number of benzene rings is 2. The van der Waals surface area contributed by atoms with Gasteiger partial charge in [0.25, 0.3) is 0 Å². The van der Waals surface area contributed by atoms with Crippen molar-refractivity contribution in [3.63, 3.8) is 0 Å². The number of aryl methyl sites for hydroxylation is 2. The first-order chi connectivity index (χ1) is 20.7. The number of amides is 1. The zero-order chi connectivity index (χ0) is 30.9. The Kier molecular flexibility index (Phi) is 10.5. The van der Waals surface area contributed by atoms with E-state index >= 15 is 0 Å². The van der Waals surface area contributed by atoms with Gasteiger partial charge < -0.3 is 25.0 Å². The first-order valence-electron chi connectivity index (χ1n) is 14.0. The zero-order valence-electron chi connectivity index (χ0n) is 25.0. The number of ether oxygens (including phenoxy) is 2. The number of nitriles is 1. The normalized spacial score (nSPS) is 11.1. The van der Waals surface area contributed by atoms with E-state index in [9.17, 15) is 10.1 Å². The maximum absolute atomic E-state index is 12.7. The smallest absolute Gasteiger partial charge is 0.248 e. The molecule has 0 saturated heterocycles. The molecule has 0 aliphatic rings. The fourth-order valence-corrected chi connectivity index (χ4v) is 4.70. The van der Waals surface area contributed by atoms with E-state index in [1.807, 2.05) is 58.0 Å². The average Bonchev–Trinajstić information content (AvgIpc) is 2.97. The van der Waals surface area contributed by atoms with Crippen molar-refractivity contribution in [2.75, 3.05) is 37.9 Å². The van der Waals surface area contributed by atoms with E-state index in [-0.39, 0.29) is 5.91 Å². The van der Waals surface area contributed by atoms with Gasteiger partial charge in [0.15, 0.2) is 0 Å². The average molecular weight is 599 g/mol. The van der Waals surface area contributed by atoms with Crippen LogP contribution in [0, 0.1) is 18.3 Å². The second-order valence-corrected chi connectivity index (χ2v) is 10.5. The molecule has 0 aliphatic carbocycles. The van der Waals surface area contributed by atoms with Crippen LogP contribution >= 0.6 is 11.6 Å². The number of hydrogen-bond acceptors (Lipinski definition) is 8. The Balaban J connectivity index is 1.71. The van der Waals surface area contributed by atoms with Crippen LogP contribution < -0.4 is 20.1 Å². The van der Waals surface area contributed by atoms with Crippen LogP contribution in [0.1, 0.15) is 36.4 Å². The SMILES string of the molecule is CCOc1cc2nc(CC)c(C#N)c(Nc3ccc(OCc4ccnc(C)c4)c(Cl)c3)c2cc1NC(=O)/C=C/CN(C)C. The number of nitrogens with zero attached hydrogens (tertiary/aromatic N) is 4. The van der Waals surface area contributed by atoms with Gasteiger partial charge in [0, 0.05) is 41.7 Å². The number of carbonyl (C=O) groups is 1. The lowest BCUT2D eigenvalue weighted by Crippen LogP contribution is -2.13. The van der Waals surface area contributed by atoms with Gasteiger partial charge in [-0.05, 0) is 76.3 Å². The molecule has 222 valence electrons. The molecule has 1 amide bonds. The number of rotatable bonds is 12. The summed E-state index contributed by atoms with van der Waals surface area (Å²) in [6, 6.07) is 15.1. The predicted octanol–water partition coefficient (Wildman–Crippen LogP) is 6.80. The summed E-state index contributed by atoms with van der Waals surface area (Å²) in [4.78, 5) is 23.7.